The Hall–Kier alpha value is -0.540. The van der Waals surface area contributed by atoms with Gasteiger partial charge in [0.1, 0.15) is 6.10 Å². The van der Waals surface area contributed by atoms with Crippen LogP contribution in [0.15, 0.2) is 12.2 Å². The van der Waals surface area contributed by atoms with Crippen LogP contribution in [-0.2, 0) is 9.53 Å². The summed E-state index contributed by atoms with van der Waals surface area (Å²) >= 11 is 0. The van der Waals surface area contributed by atoms with Crippen molar-refractivity contribution in [3.8, 4) is 0 Å². The molecule has 2 atom stereocenters. The van der Waals surface area contributed by atoms with Crippen LogP contribution in [0.5, 0.6) is 0 Å². The Labute approximate surface area is 105 Å². The predicted octanol–water partition coefficient (Wildman–Crippen LogP) is 2.68. The average Bonchev–Trinajstić information content (AvgIpc) is 2.01. The van der Waals surface area contributed by atoms with E-state index in [1.807, 2.05) is 27.7 Å². The summed E-state index contributed by atoms with van der Waals surface area (Å²) in [6.07, 6.45) is 0.702. The summed E-state index contributed by atoms with van der Waals surface area (Å²) in [6.45, 7) is 13.0. The van der Waals surface area contributed by atoms with Gasteiger partial charge in [-0.3, -0.25) is 0 Å². The van der Waals surface area contributed by atoms with E-state index < -0.39 is 0 Å². The van der Waals surface area contributed by atoms with Gasteiger partial charge in [0.2, 0.25) is 0 Å². The molecule has 0 amide bonds. The molecule has 16 heavy (non-hydrogen) atoms. The van der Waals surface area contributed by atoms with Gasteiger partial charge in [-0.05, 0) is 34.1 Å². The predicted molar refractivity (Wildman–Crippen MR) is 69.7 cm³/mol. The fourth-order valence-corrected chi connectivity index (χ4v) is 1.81. The van der Waals surface area contributed by atoms with Crippen molar-refractivity contribution in [1.29, 1.82) is 0 Å². The van der Waals surface area contributed by atoms with E-state index in [4.69, 9.17) is 10.5 Å². The lowest BCUT2D eigenvalue weighted by Gasteiger charge is -2.34. The maximum absolute atomic E-state index is 11.3. The molecule has 0 saturated heterocycles. The quantitative estimate of drug-likeness (QED) is 0.602. The summed E-state index contributed by atoms with van der Waals surface area (Å²) in [5, 5.41) is 0. The van der Waals surface area contributed by atoms with Gasteiger partial charge in [-0.1, -0.05) is 13.5 Å². The van der Waals surface area contributed by atoms with Gasteiger partial charge in [-0.25, -0.2) is 4.79 Å². The van der Waals surface area contributed by atoms with Crippen LogP contribution < -0.4 is 5.73 Å². The van der Waals surface area contributed by atoms with Crippen molar-refractivity contribution in [2.45, 2.75) is 52.7 Å². The first-order valence-electron chi connectivity index (χ1n) is 5.35. The van der Waals surface area contributed by atoms with E-state index >= 15 is 0 Å². The van der Waals surface area contributed by atoms with Crippen LogP contribution in [0.1, 0.15) is 41.0 Å². The van der Waals surface area contributed by atoms with Gasteiger partial charge in [0.05, 0.1) is 0 Å². The van der Waals surface area contributed by atoms with Crippen LogP contribution in [0.25, 0.3) is 0 Å². The van der Waals surface area contributed by atoms with Crippen molar-refractivity contribution < 1.29 is 9.53 Å². The summed E-state index contributed by atoms with van der Waals surface area (Å²) in [6, 6.07) is 0. The van der Waals surface area contributed by atoms with E-state index in [2.05, 4.69) is 6.58 Å². The molecule has 0 radical (unpaired) electrons. The lowest BCUT2D eigenvalue weighted by molar-refractivity contribution is -0.147. The number of halogens is 1. The van der Waals surface area contributed by atoms with E-state index in [-0.39, 0.29) is 35.9 Å². The van der Waals surface area contributed by atoms with Crippen molar-refractivity contribution in [3.63, 3.8) is 0 Å². The smallest absolute Gasteiger partial charge is 0.333 e. The Kier molecular flexibility index (Phi) is 7.71. The number of nitrogens with two attached hydrogens (primary N) is 1. The molecule has 4 heteroatoms. The first-order chi connectivity index (χ1) is 6.70. The van der Waals surface area contributed by atoms with Crippen LogP contribution in [0, 0.1) is 5.92 Å². The van der Waals surface area contributed by atoms with E-state index in [1.54, 1.807) is 6.92 Å². The zero-order valence-corrected chi connectivity index (χ0v) is 11.7. The molecule has 0 fully saturated rings. The summed E-state index contributed by atoms with van der Waals surface area (Å²) < 4.78 is 5.27. The van der Waals surface area contributed by atoms with Gasteiger partial charge >= 0.3 is 5.97 Å². The average molecular weight is 250 g/mol. The molecular formula is C12H24ClNO2. The number of ether oxygens (including phenoxy) is 1. The topological polar surface area (TPSA) is 52.3 Å². The SMILES string of the molecule is C=C(C)C(=O)OC(C)C(CC)C(C)(C)N.Cl. The molecule has 0 heterocycles. The molecule has 96 valence electrons. The molecule has 0 bridgehead atoms. The monoisotopic (exact) mass is 249 g/mol. The Bertz CT molecular complexity index is 246. The fourth-order valence-electron chi connectivity index (χ4n) is 1.81. The van der Waals surface area contributed by atoms with E-state index in [9.17, 15) is 4.79 Å². The van der Waals surface area contributed by atoms with Gasteiger partial charge in [0.15, 0.2) is 0 Å². The maximum atomic E-state index is 11.3. The lowest BCUT2D eigenvalue weighted by Crippen LogP contribution is -2.46. The minimum atomic E-state index is -0.344. The molecule has 2 unspecified atom stereocenters. The zero-order valence-electron chi connectivity index (χ0n) is 10.9. The molecule has 3 nitrogen and oxygen atoms in total. The molecule has 0 spiro atoms. The third kappa shape index (κ3) is 5.52. The molecule has 0 aromatic heterocycles. The highest BCUT2D eigenvalue weighted by Gasteiger charge is 2.30. The van der Waals surface area contributed by atoms with Crippen LogP contribution >= 0.6 is 12.4 Å². The molecule has 0 aromatic rings. The second-order valence-corrected chi connectivity index (χ2v) is 4.73. The zero-order chi connectivity index (χ0) is 12.2. The van der Waals surface area contributed by atoms with Crippen molar-refractivity contribution in [1.82, 2.24) is 0 Å². The standard InChI is InChI=1S/C12H23NO2.ClH/c1-7-10(12(5,6)13)9(4)15-11(14)8(2)3;/h9-10H,2,7,13H2,1,3-6H3;1H. The number of carbonyl (C=O) groups excluding carboxylic acids is 1. The number of hydrogen-bond donors (Lipinski definition) is 1. The van der Waals surface area contributed by atoms with Gasteiger partial charge in [-0.15, -0.1) is 12.4 Å². The van der Waals surface area contributed by atoms with E-state index in [0.717, 1.165) is 6.42 Å². The number of carbonyl (C=O) groups is 1. The molecule has 0 rings (SSSR count). The maximum Gasteiger partial charge on any atom is 0.333 e. The first-order valence-corrected chi connectivity index (χ1v) is 5.35. The molecule has 0 aliphatic carbocycles. The number of esters is 1. The molecule has 0 aliphatic rings. The minimum absolute atomic E-state index is 0. The van der Waals surface area contributed by atoms with Crippen molar-refractivity contribution in [2.75, 3.05) is 0 Å². The normalized spacial score (nSPS) is 14.6. The van der Waals surface area contributed by atoms with Crippen LogP contribution in [0.4, 0.5) is 0 Å². The summed E-state index contributed by atoms with van der Waals surface area (Å²) in [5.74, 6) is -0.189. The third-order valence-electron chi connectivity index (χ3n) is 2.60. The van der Waals surface area contributed by atoms with Gasteiger partial charge in [0.25, 0.3) is 0 Å². The first kappa shape index (κ1) is 17.8. The minimum Gasteiger partial charge on any atom is -0.459 e. The van der Waals surface area contributed by atoms with E-state index in [1.165, 1.54) is 0 Å². The van der Waals surface area contributed by atoms with Crippen LogP contribution in [0.3, 0.4) is 0 Å². The molecular weight excluding hydrogens is 226 g/mol. The van der Waals surface area contributed by atoms with Crippen LogP contribution in [-0.4, -0.2) is 17.6 Å². The highest BCUT2D eigenvalue weighted by molar-refractivity contribution is 5.87. The Balaban J connectivity index is 0. The van der Waals surface area contributed by atoms with Crippen molar-refractivity contribution >= 4 is 18.4 Å². The molecule has 0 aliphatic heterocycles. The van der Waals surface area contributed by atoms with Gasteiger partial charge in [-0.2, -0.15) is 0 Å². The Morgan fingerprint density at radius 1 is 1.50 bits per heavy atom. The number of rotatable bonds is 5. The summed E-state index contributed by atoms with van der Waals surface area (Å²) in [7, 11) is 0. The lowest BCUT2D eigenvalue weighted by atomic mass is 9.82. The van der Waals surface area contributed by atoms with Crippen molar-refractivity contribution in [2.24, 2.45) is 11.7 Å². The van der Waals surface area contributed by atoms with Gasteiger partial charge < -0.3 is 10.5 Å². The second-order valence-electron chi connectivity index (χ2n) is 4.73. The molecule has 0 saturated carbocycles. The second kappa shape index (κ2) is 6.92. The Morgan fingerprint density at radius 2 is 1.94 bits per heavy atom. The third-order valence-corrected chi connectivity index (χ3v) is 2.60. The largest absolute Gasteiger partial charge is 0.459 e. The Morgan fingerprint density at radius 3 is 2.19 bits per heavy atom. The summed E-state index contributed by atoms with van der Waals surface area (Å²) in [4.78, 5) is 11.3. The van der Waals surface area contributed by atoms with Gasteiger partial charge in [0, 0.05) is 17.0 Å². The molecule has 0 aromatic carbocycles. The highest BCUT2D eigenvalue weighted by atomic mass is 35.5. The van der Waals surface area contributed by atoms with E-state index in [0.29, 0.717) is 5.57 Å². The fraction of sp³-hybridized carbons (Fsp3) is 0.750. The number of hydrogen-bond acceptors (Lipinski definition) is 3. The highest BCUT2D eigenvalue weighted by Crippen LogP contribution is 2.23. The van der Waals surface area contributed by atoms with Crippen molar-refractivity contribution in [3.05, 3.63) is 12.2 Å². The summed E-state index contributed by atoms with van der Waals surface area (Å²) in [5.41, 5.74) is 6.11. The molecule has 2 N–H and O–H groups in total. The van der Waals surface area contributed by atoms with Crippen LogP contribution in [0.2, 0.25) is 0 Å².